The number of carbonyl (C=O) groups excluding carboxylic acids is 1. The SMILES string of the molecule is CC1=[N+]([O-])C(C(=O)Nc2cccc(F)c2F)C(c2ccc(C(F)(F)F)cc2)C1. The third-order valence-electron chi connectivity index (χ3n) is 4.67. The van der Waals surface area contributed by atoms with Crippen molar-refractivity contribution in [3.63, 3.8) is 0 Å². The molecule has 148 valence electrons. The summed E-state index contributed by atoms with van der Waals surface area (Å²) in [5.41, 5.74) is -0.596. The molecule has 0 radical (unpaired) electrons. The number of anilines is 1. The Morgan fingerprint density at radius 3 is 2.39 bits per heavy atom. The second kappa shape index (κ2) is 7.21. The molecule has 0 aromatic heterocycles. The molecular formula is C19H15F5N2O2. The minimum Gasteiger partial charge on any atom is -0.623 e. The quantitative estimate of drug-likeness (QED) is 0.472. The fraction of sp³-hybridized carbons (Fsp3) is 0.263. The predicted molar refractivity (Wildman–Crippen MR) is 91.9 cm³/mol. The number of amides is 1. The zero-order valence-electron chi connectivity index (χ0n) is 14.6. The van der Waals surface area contributed by atoms with Crippen LogP contribution in [0.3, 0.4) is 0 Å². The number of nitrogens with zero attached hydrogens (tertiary/aromatic N) is 1. The van der Waals surface area contributed by atoms with E-state index >= 15 is 0 Å². The van der Waals surface area contributed by atoms with Crippen molar-refractivity contribution in [3.8, 4) is 0 Å². The number of hydrogen-bond acceptors (Lipinski definition) is 2. The van der Waals surface area contributed by atoms with Crippen LogP contribution in [0.25, 0.3) is 0 Å². The Morgan fingerprint density at radius 2 is 1.79 bits per heavy atom. The zero-order valence-corrected chi connectivity index (χ0v) is 14.6. The zero-order chi connectivity index (χ0) is 20.6. The molecule has 0 fully saturated rings. The Bertz CT molecular complexity index is 938. The van der Waals surface area contributed by atoms with Crippen LogP contribution in [0.5, 0.6) is 0 Å². The summed E-state index contributed by atoms with van der Waals surface area (Å²) in [5, 5.41) is 14.6. The van der Waals surface area contributed by atoms with E-state index in [0.717, 1.165) is 24.3 Å². The Morgan fingerprint density at radius 1 is 1.14 bits per heavy atom. The number of halogens is 5. The van der Waals surface area contributed by atoms with Crippen molar-refractivity contribution in [3.05, 3.63) is 70.4 Å². The van der Waals surface area contributed by atoms with Crippen molar-refractivity contribution in [2.24, 2.45) is 0 Å². The average Bonchev–Trinajstić information content (AvgIpc) is 2.93. The highest BCUT2D eigenvalue weighted by Gasteiger charge is 2.44. The van der Waals surface area contributed by atoms with Gasteiger partial charge in [0.1, 0.15) is 0 Å². The Hall–Kier alpha value is -2.97. The van der Waals surface area contributed by atoms with E-state index in [4.69, 9.17) is 0 Å². The summed E-state index contributed by atoms with van der Waals surface area (Å²) in [6, 6.07) is 6.07. The van der Waals surface area contributed by atoms with Crippen molar-refractivity contribution in [2.45, 2.75) is 31.5 Å². The molecule has 1 N–H and O–H groups in total. The normalized spacial score (nSPS) is 19.8. The first-order valence-corrected chi connectivity index (χ1v) is 8.30. The molecule has 0 saturated heterocycles. The molecule has 0 aliphatic carbocycles. The Balaban J connectivity index is 1.88. The Labute approximate surface area is 156 Å². The van der Waals surface area contributed by atoms with E-state index in [1.54, 1.807) is 0 Å². The van der Waals surface area contributed by atoms with E-state index in [-0.39, 0.29) is 6.42 Å². The summed E-state index contributed by atoms with van der Waals surface area (Å²) in [6.07, 6.45) is -4.36. The van der Waals surface area contributed by atoms with Crippen LogP contribution in [0, 0.1) is 16.8 Å². The standard InChI is InChI=1S/C19H15F5N2O2/c1-10-9-13(11-5-7-12(8-6-11)19(22,23)24)17(26(10)28)18(27)25-15-4-2-3-14(20)16(15)21/h2-8,13,17H,9H2,1H3,(H,25,27). The molecule has 0 spiro atoms. The van der Waals surface area contributed by atoms with Crippen LogP contribution in [-0.2, 0) is 11.0 Å². The summed E-state index contributed by atoms with van der Waals surface area (Å²) in [4.78, 5) is 12.6. The minimum atomic E-state index is -4.51. The summed E-state index contributed by atoms with van der Waals surface area (Å²) in [6.45, 7) is 1.50. The molecular weight excluding hydrogens is 383 g/mol. The maximum absolute atomic E-state index is 13.8. The smallest absolute Gasteiger partial charge is 0.416 e. The number of hydroxylamine groups is 1. The number of hydrogen-bond donors (Lipinski definition) is 1. The van der Waals surface area contributed by atoms with Crippen LogP contribution in [0.1, 0.15) is 30.4 Å². The van der Waals surface area contributed by atoms with Gasteiger partial charge in [-0.15, -0.1) is 0 Å². The number of nitrogens with one attached hydrogen (secondary N) is 1. The second-order valence-corrected chi connectivity index (χ2v) is 6.53. The van der Waals surface area contributed by atoms with Crippen LogP contribution < -0.4 is 5.32 Å². The molecule has 28 heavy (non-hydrogen) atoms. The van der Waals surface area contributed by atoms with Crippen molar-refractivity contribution in [1.29, 1.82) is 0 Å². The summed E-state index contributed by atoms with van der Waals surface area (Å²) >= 11 is 0. The van der Waals surface area contributed by atoms with Crippen molar-refractivity contribution >= 4 is 17.3 Å². The van der Waals surface area contributed by atoms with E-state index in [0.29, 0.717) is 16.0 Å². The van der Waals surface area contributed by atoms with Gasteiger partial charge in [0.05, 0.1) is 17.2 Å². The molecule has 2 aromatic carbocycles. The van der Waals surface area contributed by atoms with Crippen LogP contribution in [0.4, 0.5) is 27.6 Å². The molecule has 0 bridgehead atoms. The van der Waals surface area contributed by atoms with Gasteiger partial charge in [-0.2, -0.15) is 13.2 Å². The third-order valence-corrected chi connectivity index (χ3v) is 4.67. The van der Waals surface area contributed by atoms with E-state index in [2.05, 4.69) is 5.32 Å². The fourth-order valence-corrected chi connectivity index (χ4v) is 3.24. The predicted octanol–water partition coefficient (Wildman–Crippen LogP) is 4.45. The molecule has 4 nitrogen and oxygen atoms in total. The highest BCUT2D eigenvalue weighted by Crippen LogP contribution is 2.35. The van der Waals surface area contributed by atoms with Gasteiger partial charge in [0.25, 0.3) is 5.91 Å². The van der Waals surface area contributed by atoms with E-state index < -0.39 is 46.9 Å². The number of alkyl halides is 3. The molecule has 3 rings (SSSR count). The molecule has 0 saturated carbocycles. The molecule has 1 aliphatic rings. The maximum atomic E-state index is 13.8. The van der Waals surface area contributed by atoms with Crippen LogP contribution >= 0.6 is 0 Å². The molecule has 1 amide bonds. The number of carbonyl (C=O) groups is 1. The van der Waals surface area contributed by atoms with Crippen molar-refractivity contribution < 1.29 is 31.5 Å². The summed E-state index contributed by atoms with van der Waals surface area (Å²) < 4.78 is 65.8. The largest absolute Gasteiger partial charge is 0.623 e. The molecule has 1 aliphatic heterocycles. The lowest BCUT2D eigenvalue weighted by atomic mass is 9.89. The lowest BCUT2D eigenvalue weighted by Gasteiger charge is -2.19. The third kappa shape index (κ3) is 3.69. The van der Waals surface area contributed by atoms with Crippen LogP contribution in [-0.4, -0.2) is 22.4 Å². The van der Waals surface area contributed by atoms with Crippen molar-refractivity contribution in [1.82, 2.24) is 0 Å². The van der Waals surface area contributed by atoms with Crippen LogP contribution in [0.15, 0.2) is 42.5 Å². The monoisotopic (exact) mass is 398 g/mol. The summed E-state index contributed by atoms with van der Waals surface area (Å²) in [7, 11) is 0. The first-order chi connectivity index (χ1) is 13.1. The van der Waals surface area contributed by atoms with E-state index in [1.807, 2.05) is 0 Å². The number of benzene rings is 2. The van der Waals surface area contributed by atoms with Gasteiger partial charge in [-0.25, -0.2) is 13.5 Å². The van der Waals surface area contributed by atoms with Crippen LogP contribution in [0.2, 0.25) is 0 Å². The molecule has 2 atom stereocenters. The average molecular weight is 398 g/mol. The van der Waals surface area contributed by atoms with E-state index in [1.165, 1.54) is 25.1 Å². The van der Waals surface area contributed by atoms with Gasteiger partial charge in [0.2, 0.25) is 6.04 Å². The van der Waals surface area contributed by atoms with E-state index in [9.17, 15) is 32.0 Å². The second-order valence-electron chi connectivity index (χ2n) is 6.53. The highest BCUT2D eigenvalue weighted by atomic mass is 19.4. The van der Waals surface area contributed by atoms with Crippen molar-refractivity contribution in [2.75, 3.05) is 5.32 Å². The van der Waals surface area contributed by atoms with Gasteiger partial charge < -0.3 is 10.5 Å². The van der Waals surface area contributed by atoms with Gasteiger partial charge in [-0.3, -0.25) is 4.79 Å². The molecule has 2 aromatic rings. The number of rotatable bonds is 3. The highest BCUT2D eigenvalue weighted by molar-refractivity contribution is 5.97. The van der Waals surface area contributed by atoms with Gasteiger partial charge >= 0.3 is 6.18 Å². The van der Waals surface area contributed by atoms with Gasteiger partial charge in [-0.05, 0) is 29.8 Å². The molecule has 9 heteroatoms. The first-order valence-electron chi connectivity index (χ1n) is 8.30. The topological polar surface area (TPSA) is 55.2 Å². The minimum absolute atomic E-state index is 0.151. The lowest BCUT2D eigenvalue weighted by Crippen LogP contribution is -2.37. The Kier molecular flexibility index (Phi) is 5.10. The van der Waals surface area contributed by atoms with Gasteiger partial charge in [0.15, 0.2) is 17.3 Å². The first kappa shape index (κ1) is 19.8. The lowest BCUT2D eigenvalue weighted by molar-refractivity contribution is -0.479. The molecule has 2 unspecified atom stereocenters. The fourth-order valence-electron chi connectivity index (χ4n) is 3.24. The van der Waals surface area contributed by atoms with Gasteiger partial charge in [-0.1, -0.05) is 18.2 Å². The maximum Gasteiger partial charge on any atom is 0.416 e. The van der Waals surface area contributed by atoms with Gasteiger partial charge in [0, 0.05) is 13.3 Å². The molecule has 1 heterocycles. The summed E-state index contributed by atoms with van der Waals surface area (Å²) in [5.74, 6) is -4.03.